The number of thiophene rings is 1. The summed E-state index contributed by atoms with van der Waals surface area (Å²) in [5, 5.41) is 23.1. The Morgan fingerprint density at radius 2 is 2.13 bits per heavy atom. The molecule has 1 amide bonds. The molecule has 1 unspecified atom stereocenters. The van der Waals surface area contributed by atoms with Gasteiger partial charge in [0.05, 0.1) is 9.80 Å². The molecule has 1 saturated carbocycles. The molecule has 3 rings (SSSR count). The number of hydrogen-bond acceptors (Lipinski definition) is 5. The Bertz CT molecular complexity index is 796. The summed E-state index contributed by atoms with van der Waals surface area (Å²) in [6, 6.07) is 5.04. The molecule has 1 fully saturated rings. The summed E-state index contributed by atoms with van der Waals surface area (Å²) in [6.45, 7) is 0. The van der Waals surface area contributed by atoms with Gasteiger partial charge in [0.2, 0.25) is 0 Å². The third kappa shape index (κ3) is 3.48. The number of benzene rings is 1. The standard InChI is InChI=1S/C15H14N2O5S/c18-14(16-11(15(19)20)5-8-1-2-8)13-7-9-6-10(17(21)22)3-4-12(9)23-13/h3-4,6-8,11H,1-2,5H2,(H,16,18)(H,19,20). The lowest BCUT2D eigenvalue weighted by Gasteiger charge is -2.13. The van der Waals surface area contributed by atoms with Gasteiger partial charge in [-0.05, 0) is 24.5 Å². The van der Waals surface area contributed by atoms with Crippen LogP contribution in [-0.4, -0.2) is 27.9 Å². The highest BCUT2D eigenvalue weighted by Crippen LogP contribution is 2.34. The van der Waals surface area contributed by atoms with Gasteiger partial charge in [-0.3, -0.25) is 14.9 Å². The largest absolute Gasteiger partial charge is 0.480 e. The summed E-state index contributed by atoms with van der Waals surface area (Å²) in [5.74, 6) is -1.12. The molecular formula is C15H14N2O5S. The van der Waals surface area contributed by atoms with Gasteiger partial charge >= 0.3 is 5.97 Å². The van der Waals surface area contributed by atoms with Gasteiger partial charge in [0.25, 0.3) is 11.6 Å². The zero-order valence-corrected chi connectivity index (χ0v) is 12.8. The number of non-ortho nitro benzene ring substituents is 1. The van der Waals surface area contributed by atoms with E-state index in [1.165, 1.54) is 23.5 Å². The molecule has 1 atom stereocenters. The van der Waals surface area contributed by atoms with Crippen LogP contribution in [0.2, 0.25) is 0 Å². The van der Waals surface area contributed by atoms with Gasteiger partial charge in [-0.2, -0.15) is 0 Å². The van der Waals surface area contributed by atoms with E-state index >= 15 is 0 Å². The molecule has 1 aromatic heterocycles. The van der Waals surface area contributed by atoms with Crippen LogP contribution in [-0.2, 0) is 4.79 Å². The van der Waals surface area contributed by atoms with Gasteiger partial charge in [0.1, 0.15) is 6.04 Å². The van der Waals surface area contributed by atoms with Crippen LogP contribution in [0.15, 0.2) is 24.3 Å². The maximum atomic E-state index is 12.3. The monoisotopic (exact) mass is 334 g/mol. The first kappa shape index (κ1) is 15.4. The van der Waals surface area contributed by atoms with Crippen LogP contribution in [0, 0.1) is 16.0 Å². The molecule has 23 heavy (non-hydrogen) atoms. The minimum atomic E-state index is -1.04. The molecule has 120 valence electrons. The molecule has 2 N–H and O–H groups in total. The van der Waals surface area contributed by atoms with Crippen LogP contribution in [0.25, 0.3) is 10.1 Å². The van der Waals surface area contributed by atoms with Crippen LogP contribution in [0.3, 0.4) is 0 Å². The summed E-state index contributed by atoms with van der Waals surface area (Å²) in [6.07, 6.45) is 2.45. The number of nitro benzene ring substituents is 1. The predicted octanol–water partition coefficient (Wildman–Crippen LogP) is 2.79. The normalized spacial score (nSPS) is 15.3. The molecule has 1 aliphatic carbocycles. The maximum Gasteiger partial charge on any atom is 0.326 e. The second-order valence-electron chi connectivity index (χ2n) is 5.63. The van der Waals surface area contributed by atoms with Crippen LogP contribution in [0.4, 0.5) is 5.69 Å². The number of nitrogens with zero attached hydrogens (tertiary/aromatic N) is 1. The number of amides is 1. The van der Waals surface area contributed by atoms with Crippen molar-refractivity contribution in [2.45, 2.75) is 25.3 Å². The first-order chi connectivity index (χ1) is 10.9. The Balaban J connectivity index is 1.79. The number of carboxylic acids is 1. The van der Waals surface area contributed by atoms with E-state index in [4.69, 9.17) is 0 Å². The van der Waals surface area contributed by atoms with Gasteiger partial charge in [-0.15, -0.1) is 11.3 Å². The van der Waals surface area contributed by atoms with Crippen molar-refractivity contribution < 1.29 is 19.6 Å². The van der Waals surface area contributed by atoms with Gasteiger partial charge in [-0.1, -0.05) is 12.8 Å². The van der Waals surface area contributed by atoms with Gasteiger partial charge in [0.15, 0.2) is 0 Å². The number of nitrogens with one attached hydrogen (secondary N) is 1. The predicted molar refractivity (Wildman–Crippen MR) is 84.7 cm³/mol. The summed E-state index contributed by atoms with van der Waals surface area (Å²) in [4.78, 5) is 34.1. The SMILES string of the molecule is O=C(NC(CC1CC1)C(=O)O)c1cc2cc([N+](=O)[O-])ccc2s1. The zero-order chi connectivity index (χ0) is 16.6. The van der Waals surface area contributed by atoms with Crippen molar-refractivity contribution in [1.82, 2.24) is 5.32 Å². The molecule has 1 aromatic carbocycles. The van der Waals surface area contributed by atoms with Crippen LogP contribution in [0.1, 0.15) is 28.9 Å². The molecule has 0 spiro atoms. The maximum absolute atomic E-state index is 12.3. The molecule has 8 heteroatoms. The number of aliphatic carboxylic acids is 1. The number of fused-ring (bicyclic) bond motifs is 1. The second-order valence-corrected chi connectivity index (χ2v) is 6.72. The minimum Gasteiger partial charge on any atom is -0.480 e. The Labute approximate surface area is 135 Å². The molecule has 1 heterocycles. The third-order valence-electron chi connectivity index (χ3n) is 3.80. The number of rotatable bonds is 6. The van der Waals surface area contributed by atoms with Crippen molar-refractivity contribution in [2.75, 3.05) is 0 Å². The lowest BCUT2D eigenvalue weighted by atomic mass is 10.1. The summed E-state index contributed by atoms with van der Waals surface area (Å²) < 4.78 is 0.745. The Kier molecular flexibility index (Phi) is 3.99. The fourth-order valence-electron chi connectivity index (χ4n) is 2.39. The van der Waals surface area contributed by atoms with E-state index < -0.39 is 22.8 Å². The Morgan fingerprint density at radius 3 is 2.74 bits per heavy atom. The van der Waals surface area contributed by atoms with Crippen LogP contribution in [0.5, 0.6) is 0 Å². The first-order valence-electron chi connectivity index (χ1n) is 7.15. The van der Waals surface area contributed by atoms with Crippen molar-refractivity contribution >= 4 is 39.0 Å². The minimum absolute atomic E-state index is 0.0422. The zero-order valence-electron chi connectivity index (χ0n) is 12.0. The molecular weight excluding hydrogens is 320 g/mol. The number of carbonyl (C=O) groups excluding carboxylic acids is 1. The van der Waals surface area contributed by atoms with Gasteiger partial charge in [-0.25, -0.2) is 4.79 Å². The van der Waals surface area contributed by atoms with E-state index in [1.807, 2.05) is 0 Å². The lowest BCUT2D eigenvalue weighted by Crippen LogP contribution is -2.40. The van der Waals surface area contributed by atoms with E-state index in [0.29, 0.717) is 22.6 Å². The number of hydrogen-bond donors (Lipinski definition) is 2. The Morgan fingerprint density at radius 1 is 1.39 bits per heavy atom. The highest BCUT2D eigenvalue weighted by Gasteiger charge is 2.30. The smallest absolute Gasteiger partial charge is 0.326 e. The second kappa shape index (κ2) is 5.96. The fourth-order valence-corrected chi connectivity index (χ4v) is 3.34. The van der Waals surface area contributed by atoms with Crippen LogP contribution >= 0.6 is 11.3 Å². The molecule has 0 saturated heterocycles. The number of carboxylic acid groups (broad SMARTS) is 1. The van der Waals surface area contributed by atoms with Gasteiger partial charge < -0.3 is 10.4 Å². The van der Waals surface area contributed by atoms with E-state index in [-0.39, 0.29) is 5.69 Å². The summed E-state index contributed by atoms with van der Waals surface area (Å²) in [5.41, 5.74) is -0.0422. The summed E-state index contributed by atoms with van der Waals surface area (Å²) in [7, 11) is 0. The topological polar surface area (TPSA) is 110 Å². The quantitative estimate of drug-likeness (QED) is 0.623. The molecule has 0 bridgehead atoms. The van der Waals surface area contributed by atoms with E-state index in [2.05, 4.69) is 5.32 Å². The van der Waals surface area contributed by atoms with Crippen LogP contribution < -0.4 is 5.32 Å². The average molecular weight is 334 g/mol. The van der Waals surface area contributed by atoms with Gasteiger partial charge in [0, 0.05) is 22.2 Å². The highest BCUT2D eigenvalue weighted by atomic mass is 32.1. The number of nitro groups is 1. The fraction of sp³-hybridized carbons (Fsp3) is 0.333. The molecule has 7 nitrogen and oxygen atoms in total. The van der Waals surface area contributed by atoms with Crippen molar-refractivity contribution in [1.29, 1.82) is 0 Å². The summed E-state index contributed by atoms with van der Waals surface area (Å²) >= 11 is 1.19. The lowest BCUT2D eigenvalue weighted by molar-refractivity contribution is -0.384. The average Bonchev–Trinajstić information content (AvgIpc) is 3.21. The Hall–Kier alpha value is -2.48. The van der Waals surface area contributed by atoms with Crippen molar-refractivity contribution in [2.24, 2.45) is 5.92 Å². The molecule has 2 aromatic rings. The van der Waals surface area contributed by atoms with E-state index in [9.17, 15) is 24.8 Å². The van der Waals surface area contributed by atoms with Crippen molar-refractivity contribution in [3.63, 3.8) is 0 Å². The van der Waals surface area contributed by atoms with E-state index in [1.54, 1.807) is 12.1 Å². The van der Waals surface area contributed by atoms with Crippen molar-refractivity contribution in [3.05, 3.63) is 39.3 Å². The molecule has 0 aliphatic heterocycles. The molecule has 1 aliphatic rings. The highest BCUT2D eigenvalue weighted by molar-refractivity contribution is 7.20. The third-order valence-corrected chi connectivity index (χ3v) is 4.92. The first-order valence-corrected chi connectivity index (χ1v) is 7.97. The van der Waals surface area contributed by atoms with Crippen molar-refractivity contribution in [3.8, 4) is 0 Å². The van der Waals surface area contributed by atoms with E-state index in [0.717, 1.165) is 17.5 Å². The molecule has 0 radical (unpaired) electrons. The number of carbonyl (C=O) groups is 2.